The van der Waals surface area contributed by atoms with Crippen LogP contribution in [0.25, 0.3) is 0 Å². The van der Waals surface area contributed by atoms with Crippen LogP contribution in [0.5, 0.6) is 11.5 Å². The van der Waals surface area contributed by atoms with Crippen molar-refractivity contribution in [1.29, 1.82) is 0 Å². The van der Waals surface area contributed by atoms with Crippen LogP contribution in [0.3, 0.4) is 0 Å². The number of carbonyl (C=O) groups excluding carboxylic acids is 1. The molecule has 0 unspecified atom stereocenters. The monoisotopic (exact) mass is 331 g/mol. The van der Waals surface area contributed by atoms with Crippen LogP contribution in [-0.2, 0) is 16.1 Å². The van der Waals surface area contributed by atoms with Gasteiger partial charge in [-0.05, 0) is 29.8 Å². The van der Waals surface area contributed by atoms with Crippen molar-refractivity contribution in [2.24, 2.45) is 0 Å². The molecule has 0 saturated carbocycles. The van der Waals surface area contributed by atoms with Crippen molar-refractivity contribution in [1.82, 2.24) is 15.6 Å². The second kappa shape index (κ2) is 7.85. The Morgan fingerprint density at radius 2 is 2.38 bits per heavy atom. The van der Waals surface area contributed by atoms with E-state index in [2.05, 4.69) is 15.6 Å². The topological polar surface area (TPSA) is 72.5 Å². The predicted molar refractivity (Wildman–Crippen MR) is 85.2 cm³/mol. The predicted octanol–water partition coefficient (Wildman–Crippen LogP) is 1.62. The Bertz CT molecular complexity index is 691. The lowest BCUT2D eigenvalue weighted by atomic mass is 10.2. The Hall–Kier alpha value is -2.51. The van der Waals surface area contributed by atoms with Gasteiger partial charge in [-0.25, -0.2) is 4.39 Å². The molecule has 7 heteroatoms. The van der Waals surface area contributed by atoms with Gasteiger partial charge < -0.3 is 20.1 Å². The van der Waals surface area contributed by atoms with E-state index in [1.54, 1.807) is 24.4 Å². The number of nitrogens with one attached hydrogen (secondary N) is 2. The molecule has 1 fully saturated rings. The molecule has 1 aliphatic heterocycles. The number of morpholine rings is 1. The number of hydrogen-bond donors (Lipinski definition) is 2. The maximum atomic E-state index is 14.1. The number of pyridine rings is 1. The van der Waals surface area contributed by atoms with E-state index in [1.165, 1.54) is 18.3 Å². The van der Waals surface area contributed by atoms with E-state index in [1.807, 2.05) is 0 Å². The number of carbonyl (C=O) groups is 1. The second-order valence-electron chi connectivity index (χ2n) is 5.34. The van der Waals surface area contributed by atoms with Gasteiger partial charge in [0.25, 0.3) is 5.91 Å². The van der Waals surface area contributed by atoms with Crippen molar-refractivity contribution in [3.05, 3.63) is 54.1 Å². The lowest BCUT2D eigenvalue weighted by Gasteiger charge is -2.22. The summed E-state index contributed by atoms with van der Waals surface area (Å²) in [5, 5.41) is 5.83. The zero-order valence-corrected chi connectivity index (χ0v) is 13.0. The first kappa shape index (κ1) is 16.4. The lowest BCUT2D eigenvalue weighted by molar-refractivity contribution is -0.134. The van der Waals surface area contributed by atoms with Crippen molar-refractivity contribution in [2.45, 2.75) is 12.6 Å². The van der Waals surface area contributed by atoms with Gasteiger partial charge in [0.1, 0.15) is 11.9 Å². The molecule has 1 saturated heterocycles. The molecule has 2 aromatic rings. The Morgan fingerprint density at radius 3 is 3.08 bits per heavy atom. The largest absolute Gasteiger partial charge is 0.453 e. The molecule has 1 aromatic carbocycles. The second-order valence-corrected chi connectivity index (χ2v) is 5.34. The molecule has 6 nitrogen and oxygen atoms in total. The minimum absolute atomic E-state index is 0.109. The van der Waals surface area contributed by atoms with Gasteiger partial charge in [0.05, 0.1) is 12.8 Å². The lowest BCUT2D eigenvalue weighted by Crippen LogP contribution is -2.47. The molecule has 24 heavy (non-hydrogen) atoms. The van der Waals surface area contributed by atoms with Crippen LogP contribution >= 0.6 is 0 Å². The van der Waals surface area contributed by atoms with Crippen LogP contribution in [0.15, 0.2) is 42.7 Å². The van der Waals surface area contributed by atoms with Crippen LogP contribution in [0.2, 0.25) is 0 Å². The molecule has 1 aromatic heterocycles. The first-order valence-electron chi connectivity index (χ1n) is 7.69. The third-order valence-corrected chi connectivity index (χ3v) is 3.55. The minimum Gasteiger partial charge on any atom is -0.453 e. The third kappa shape index (κ3) is 4.27. The van der Waals surface area contributed by atoms with Crippen LogP contribution < -0.4 is 15.4 Å². The van der Waals surface area contributed by atoms with Crippen LogP contribution in [0.4, 0.5) is 4.39 Å². The minimum atomic E-state index is -0.503. The first-order chi connectivity index (χ1) is 11.7. The number of amides is 1. The van der Waals surface area contributed by atoms with Gasteiger partial charge in [-0.1, -0.05) is 6.07 Å². The van der Waals surface area contributed by atoms with E-state index < -0.39 is 11.9 Å². The molecule has 1 atom stereocenters. The number of benzene rings is 1. The van der Waals surface area contributed by atoms with Gasteiger partial charge in [-0.2, -0.15) is 0 Å². The summed E-state index contributed by atoms with van der Waals surface area (Å²) in [7, 11) is 0. The highest BCUT2D eigenvalue weighted by Gasteiger charge is 2.21. The number of hydrogen-bond acceptors (Lipinski definition) is 5. The number of nitrogens with zero attached hydrogens (tertiary/aromatic N) is 1. The SMILES string of the molecule is O=C(NCc1ccc(Oc2cccnc2)c(F)c1)[C@H]1CNCCO1. The number of halogens is 1. The number of ether oxygens (including phenoxy) is 2. The Labute approximate surface area is 139 Å². The summed E-state index contributed by atoms with van der Waals surface area (Å²) in [5.41, 5.74) is 0.642. The fourth-order valence-electron chi connectivity index (χ4n) is 2.31. The maximum Gasteiger partial charge on any atom is 0.250 e. The number of rotatable bonds is 5. The Morgan fingerprint density at radius 1 is 1.46 bits per heavy atom. The molecule has 0 bridgehead atoms. The third-order valence-electron chi connectivity index (χ3n) is 3.55. The van der Waals surface area contributed by atoms with Gasteiger partial charge in [0.15, 0.2) is 11.6 Å². The summed E-state index contributed by atoms with van der Waals surface area (Å²) in [6.07, 6.45) is 2.61. The van der Waals surface area contributed by atoms with E-state index in [0.717, 1.165) is 6.54 Å². The Balaban J connectivity index is 1.57. The highest BCUT2D eigenvalue weighted by atomic mass is 19.1. The van der Waals surface area contributed by atoms with Crippen molar-refractivity contribution in [2.75, 3.05) is 19.7 Å². The zero-order valence-electron chi connectivity index (χ0n) is 13.0. The summed E-state index contributed by atoms with van der Waals surface area (Å²) < 4.78 is 24.9. The first-order valence-corrected chi connectivity index (χ1v) is 7.69. The summed E-state index contributed by atoms with van der Waals surface area (Å²) >= 11 is 0. The van der Waals surface area contributed by atoms with E-state index >= 15 is 0 Å². The summed E-state index contributed by atoms with van der Waals surface area (Å²) in [6, 6.07) is 7.97. The van der Waals surface area contributed by atoms with Crippen molar-refractivity contribution < 1.29 is 18.7 Å². The maximum absolute atomic E-state index is 14.1. The standard InChI is InChI=1S/C17H18FN3O3/c18-14-8-12(9-21-17(22)16-11-20-6-7-23-16)3-4-15(14)24-13-2-1-5-19-10-13/h1-5,8,10,16,20H,6-7,9,11H2,(H,21,22)/t16-/m1/s1. The molecule has 2 heterocycles. The van der Waals surface area contributed by atoms with Crippen LogP contribution in [-0.4, -0.2) is 36.7 Å². The molecule has 0 radical (unpaired) electrons. The number of aromatic nitrogens is 1. The molecule has 0 aliphatic carbocycles. The summed E-state index contributed by atoms with van der Waals surface area (Å²) in [5.74, 6) is -0.142. The van der Waals surface area contributed by atoms with E-state index in [-0.39, 0.29) is 18.2 Å². The molecule has 1 aliphatic rings. The average Bonchev–Trinajstić information content (AvgIpc) is 2.63. The highest BCUT2D eigenvalue weighted by molar-refractivity contribution is 5.81. The fourth-order valence-corrected chi connectivity index (χ4v) is 2.31. The summed E-state index contributed by atoms with van der Waals surface area (Å²) in [6.45, 7) is 1.96. The molecule has 126 valence electrons. The van der Waals surface area contributed by atoms with Gasteiger partial charge in [0.2, 0.25) is 0 Å². The zero-order chi connectivity index (χ0) is 16.8. The van der Waals surface area contributed by atoms with Crippen molar-refractivity contribution >= 4 is 5.91 Å². The Kier molecular flexibility index (Phi) is 5.35. The van der Waals surface area contributed by atoms with E-state index in [0.29, 0.717) is 24.5 Å². The quantitative estimate of drug-likeness (QED) is 0.871. The molecule has 3 rings (SSSR count). The van der Waals surface area contributed by atoms with Gasteiger partial charge in [0, 0.05) is 25.8 Å². The van der Waals surface area contributed by atoms with Crippen LogP contribution in [0.1, 0.15) is 5.56 Å². The molecular formula is C17H18FN3O3. The van der Waals surface area contributed by atoms with Gasteiger partial charge in [-0.15, -0.1) is 0 Å². The molecular weight excluding hydrogens is 313 g/mol. The van der Waals surface area contributed by atoms with Gasteiger partial charge in [-0.3, -0.25) is 9.78 Å². The van der Waals surface area contributed by atoms with Crippen molar-refractivity contribution in [3.63, 3.8) is 0 Å². The van der Waals surface area contributed by atoms with E-state index in [9.17, 15) is 9.18 Å². The normalized spacial score (nSPS) is 17.3. The summed E-state index contributed by atoms with van der Waals surface area (Å²) in [4.78, 5) is 15.9. The van der Waals surface area contributed by atoms with Crippen molar-refractivity contribution in [3.8, 4) is 11.5 Å². The molecule has 0 spiro atoms. The fraction of sp³-hybridized carbons (Fsp3) is 0.294. The molecule has 1 amide bonds. The smallest absolute Gasteiger partial charge is 0.250 e. The molecule has 2 N–H and O–H groups in total. The van der Waals surface area contributed by atoms with Gasteiger partial charge >= 0.3 is 0 Å². The van der Waals surface area contributed by atoms with Crippen LogP contribution in [0, 0.1) is 5.82 Å². The van der Waals surface area contributed by atoms with E-state index in [4.69, 9.17) is 9.47 Å². The average molecular weight is 331 g/mol. The highest BCUT2D eigenvalue weighted by Crippen LogP contribution is 2.24.